The molecule has 13 nitrogen and oxygen atoms in total. The summed E-state index contributed by atoms with van der Waals surface area (Å²) in [7, 11) is 3.05. The number of nitriles is 8. The molecular weight excluding hydrogens is 933 g/mol. The van der Waals surface area contributed by atoms with Crippen molar-refractivity contribution in [3.8, 4) is 95.1 Å². The summed E-state index contributed by atoms with van der Waals surface area (Å²) < 4.78 is 18.4. The molecule has 0 fully saturated rings. The van der Waals surface area contributed by atoms with Gasteiger partial charge < -0.3 is 14.2 Å². The molecule has 6 aromatic rings. The first-order valence-electron chi connectivity index (χ1n) is 19.7. The highest BCUT2D eigenvalue weighted by atomic mass is 32.1. The second-order valence-electron chi connectivity index (χ2n) is 15.4. The fraction of sp³-hybridized carbons (Fsp3) is 0.0980. The van der Waals surface area contributed by atoms with Crippen molar-refractivity contribution in [1.29, 1.82) is 42.1 Å². The Balaban J connectivity index is 1.11. The van der Waals surface area contributed by atoms with Gasteiger partial charge in [0.15, 0.2) is 11.6 Å². The lowest BCUT2D eigenvalue weighted by atomic mass is 9.95. The van der Waals surface area contributed by atoms with E-state index in [2.05, 4.69) is 0 Å². The maximum Gasteiger partial charge on any atom is 0.194 e. The number of nitrogens with zero attached hydrogens (tertiary/aromatic N) is 8. The van der Waals surface area contributed by atoms with Gasteiger partial charge in [0.1, 0.15) is 82.5 Å². The molecule has 17 heteroatoms. The molecule has 4 aromatic heterocycles. The average Bonchev–Trinajstić information content (AvgIpc) is 4.21. The van der Waals surface area contributed by atoms with Crippen molar-refractivity contribution < 1.29 is 23.8 Å². The Hall–Kier alpha value is -9.14. The summed E-state index contributed by atoms with van der Waals surface area (Å²) >= 11 is 5.66. The summed E-state index contributed by atoms with van der Waals surface area (Å²) in [6.45, 7) is 3.93. The molecule has 0 N–H and O–H groups in total. The number of Topliss-reactive ketones (excluding diaryl/α,β-unsaturated/α-hetero) is 2. The number of carbonyl (C=O) groups excluding carboxylic acids is 2. The molecule has 320 valence electrons. The first-order valence-corrected chi connectivity index (χ1v) is 23.0. The van der Waals surface area contributed by atoms with Crippen LogP contribution in [0.1, 0.15) is 83.3 Å². The maximum absolute atomic E-state index is 13.9. The van der Waals surface area contributed by atoms with E-state index in [9.17, 15) is 51.7 Å². The molecule has 9 rings (SSSR count). The number of allylic oxidation sites excluding steroid dienone is 6. The second-order valence-corrected chi connectivity index (χ2v) is 19.7. The van der Waals surface area contributed by atoms with E-state index in [1.165, 1.54) is 83.8 Å². The van der Waals surface area contributed by atoms with Crippen LogP contribution < -0.4 is 14.2 Å². The van der Waals surface area contributed by atoms with Gasteiger partial charge in [-0.1, -0.05) is 0 Å². The van der Waals surface area contributed by atoms with Gasteiger partial charge in [-0.3, -0.25) is 9.59 Å². The molecule has 1 aliphatic heterocycles. The minimum absolute atomic E-state index is 0.000304. The van der Waals surface area contributed by atoms with E-state index in [4.69, 9.17) is 14.2 Å². The zero-order chi connectivity index (χ0) is 48.3. The molecule has 5 heterocycles. The van der Waals surface area contributed by atoms with E-state index in [1.54, 1.807) is 24.3 Å². The Bertz CT molecular complexity index is 3830. The molecule has 3 aliphatic rings. The lowest BCUT2D eigenvalue weighted by Gasteiger charge is -2.31. The third-order valence-electron chi connectivity index (χ3n) is 11.3. The summed E-state index contributed by atoms with van der Waals surface area (Å²) in [5.41, 5.74) is 0.492. The Kier molecular flexibility index (Phi) is 10.8. The molecule has 2 aliphatic carbocycles. The third kappa shape index (κ3) is 6.77. The van der Waals surface area contributed by atoms with Gasteiger partial charge in [0.25, 0.3) is 0 Å². The summed E-state index contributed by atoms with van der Waals surface area (Å²) in [5, 5.41) is 78.4. The van der Waals surface area contributed by atoms with Crippen LogP contribution in [0.5, 0.6) is 17.2 Å². The largest absolute Gasteiger partial charge is 0.495 e. The highest BCUT2D eigenvalue weighted by Gasteiger charge is 2.39. The number of ether oxygens (including phenoxy) is 3. The van der Waals surface area contributed by atoms with Crippen molar-refractivity contribution in [3.63, 3.8) is 0 Å². The van der Waals surface area contributed by atoms with E-state index in [1.807, 2.05) is 74.5 Å². The first kappa shape index (κ1) is 44.1. The summed E-state index contributed by atoms with van der Waals surface area (Å²) in [5.74, 6) is 0.651. The summed E-state index contributed by atoms with van der Waals surface area (Å²) in [6.07, 6.45) is 3.17. The molecule has 0 saturated carbocycles. The van der Waals surface area contributed by atoms with Crippen LogP contribution in [0.25, 0.3) is 52.6 Å². The summed E-state index contributed by atoms with van der Waals surface area (Å²) in [6, 6.07) is 28.1. The van der Waals surface area contributed by atoms with Gasteiger partial charge in [0, 0.05) is 59.7 Å². The number of hydrogen-bond donors (Lipinski definition) is 0. The number of methoxy groups -OCH3 is 2. The zero-order valence-electron chi connectivity index (χ0n) is 35.5. The highest BCUT2D eigenvalue weighted by molar-refractivity contribution is 7.29. The Morgan fingerprint density at radius 2 is 0.926 bits per heavy atom. The van der Waals surface area contributed by atoms with Crippen molar-refractivity contribution >= 4 is 80.2 Å². The molecule has 68 heavy (non-hydrogen) atoms. The SMILES string of the molecule is COc1cc(/C=C2\C(=O)c3cc(C#N)c(C#N)cc3C2=C(C#N)C#N)sc1-c1cc2c(s1)-c1sc(-c3sc(/C=C4\C(=O)c5cc(C#N)c(C#N)cc5C4=C(C#N)C#N)cc3OC)cc1C(C)(C)O2. The van der Waals surface area contributed by atoms with Crippen LogP contribution in [0.3, 0.4) is 0 Å². The van der Waals surface area contributed by atoms with Gasteiger partial charge in [-0.25, -0.2) is 0 Å². The van der Waals surface area contributed by atoms with Gasteiger partial charge in [-0.05, 0) is 79.6 Å². The summed E-state index contributed by atoms with van der Waals surface area (Å²) in [4.78, 5) is 33.9. The average molecular weight is 955 g/mol. The van der Waals surface area contributed by atoms with Crippen LogP contribution >= 0.6 is 45.3 Å². The van der Waals surface area contributed by atoms with Gasteiger partial charge >= 0.3 is 0 Å². The van der Waals surface area contributed by atoms with E-state index in [0.717, 1.165) is 34.8 Å². The Morgan fingerprint density at radius 1 is 0.529 bits per heavy atom. The lowest BCUT2D eigenvalue weighted by molar-refractivity contribution is 0.103. The minimum Gasteiger partial charge on any atom is -0.495 e. The number of fused-ring (bicyclic) bond motifs is 5. The molecule has 0 spiro atoms. The molecule has 0 amide bonds. The number of benzene rings is 2. The number of thiophene rings is 4. The van der Waals surface area contributed by atoms with Gasteiger partial charge in [-0.15, -0.1) is 45.3 Å². The van der Waals surface area contributed by atoms with Crippen molar-refractivity contribution in [1.82, 2.24) is 0 Å². The predicted octanol–water partition coefficient (Wildman–Crippen LogP) is 11.2. The molecule has 0 bridgehead atoms. The van der Waals surface area contributed by atoms with Gasteiger partial charge in [0.05, 0.1) is 60.9 Å². The smallest absolute Gasteiger partial charge is 0.194 e. The molecule has 0 radical (unpaired) electrons. The number of rotatable bonds is 6. The first-order chi connectivity index (χ1) is 32.8. The van der Waals surface area contributed by atoms with Crippen LogP contribution in [0.15, 0.2) is 70.8 Å². The molecule has 0 atom stereocenters. The number of carbonyl (C=O) groups is 2. The van der Waals surface area contributed by atoms with E-state index in [0.29, 0.717) is 27.0 Å². The number of ketones is 2. The fourth-order valence-corrected chi connectivity index (χ4v) is 13.2. The number of hydrogen-bond acceptors (Lipinski definition) is 17. The quantitative estimate of drug-likeness (QED) is 0.111. The third-order valence-corrected chi connectivity index (χ3v) is 16.2. The van der Waals surface area contributed by atoms with Gasteiger partial charge in [0.2, 0.25) is 0 Å². The van der Waals surface area contributed by atoms with Crippen molar-refractivity contribution in [3.05, 3.63) is 131 Å². The van der Waals surface area contributed by atoms with E-state index < -0.39 is 17.2 Å². The van der Waals surface area contributed by atoms with E-state index >= 15 is 0 Å². The molecule has 2 aromatic carbocycles. The Morgan fingerprint density at radius 3 is 1.32 bits per heavy atom. The molecule has 0 unspecified atom stereocenters. The van der Waals surface area contributed by atoms with Crippen LogP contribution in [0.4, 0.5) is 0 Å². The second kappa shape index (κ2) is 16.7. The topological polar surface area (TPSA) is 252 Å². The highest BCUT2D eigenvalue weighted by Crippen LogP contribution is 2.58. The predicted molar refractivity (Wildman–Crippen MR) is 254 cm³/mol. The van der Waals surface area contributed by atoms with Crippen LogP contribution in [-0.4, -0.2) is 25.8 Å². The molecular formula is C51H22N8O5S4. The monoisotopic (exact) mass is 954 g/mol. The van der Waals surface area contributed by atoms with E-state index in [-0.39, 0.29) is 77.9 Å². The Labute approximate surface area is 403 Å². The van der Waals surface area contributed by atoms with Crippen LogP contribution in [0.2, 0.25) is 0 Å². The van der Waals surface area contributed by atoms with Crippen LogP contribution in [0, 0.1) is 90.6 Å². The molecule has 0 saturated heterocycles. The van der Waals surface area contributed by atoms with Gasteiger partial charge in [-0.2, -0.15) is 42.1 Å². The van der Waals surface area contributed by atoms with Crippen molar-refractivity contribution in [2.45, 2.75) is 19.4 Å². The minimum atomic E-state index is -0.784. The standard InChI is InChI=1S/C51H22N8O5S4/c1-51(2)37-13-41(48-38(62-3)11-29(65-48)9-35-43(27(19-56)20-57)31-5-23(15-52)25(17-54)7-33(31)45(35)60)67-47(37)50-40(64-51)14-42(68-50)49-39(63-4)12-30(66-49)10-36-44(28(21-58)22-59)32-6-24(16-53)26(18-55)8-34(32)46(36)61/h5-14H,1-4H3/b35-9-,36-10-. The van der Waals surface area contributed by atoms with Crippen molar-refractivity contribution in [2.75, 3.05) is 14.2 Å². The van der Waals surface area contributed by atoms with Crippen molar-refractivity contribution in [2.24, 2.45) is 0 Å². The maximum atomic E-state index is 13.9. The zero-order valence-corrected chi connectivity index (χ0v) is 38.8. The lowest BCUT2D eigenvalue weighted by Crippen LogP contribution is -2.27. The fourth-order valence-electron chi connectivity index (χ4n) is 8.28. The van der Waals surface area contributed by atoms with Crippen LogP contribution in [-0.2, 0) is 5.60 Å². The normalized spacial score (nSPS) is 14.6.